The summed E-state index contributed by atoms with van der Waals surface area (Å²) in [7, 11) is 1.63. The Hall–Kier alpha value is -0.910. The van der Waals surface area contributed by atoms with Crippen LogP contribution in [0.2, 0.25) is 0 Å². The summed E-state index contributed by atoms with van der Waals surface area (Å²) >= 11 is 3.47. The van der Waals surface area contributed by atoms with Crippen LogP contribution < -0.4 is 11.1 Å². The van der Waals surface area contributed by atoms with Crippen LogP contribution in [0.5, 0.6) is 0 Å². The lowest BCUT2D eigenvalue weighted by atomic mass is 10.1. The van der Waals surface area contributed by atoms with Crippen molar-refractivity contribution in [1.29, 1.82) is 0 Å². The molecule has 1 aliphatic rings. The van der Waals surface area contributed by atoms with E-state index < -0.39 is 0 Å². The molecule has 1 aliphatic carbocycles. The van der Waals surface area contributed by atoms with Crippen LogP contribution in [0.4, 0.5) is 5.69 Å². The summed E-state index contributed by atoms with van der Waals surface area (Å²) in [5.41, 5.74) is 7.05. The summed E-state index contributed by atoms with van der Waals surface area (Å²) in [6.07, 6.45) is 1.76. The van der Waals surface area contributed by atoms with E-state index in [4.69, 9.17) is 10.5 Å². The van der Waals surface area contributed by atoms with Gasteiger partial charge in [-0.2, -0.15) is 0 Å². The van der Waals surface area contributed by atoms with Crippen molar-refractivity contribution >= 4 is 27.5 Å². The molecule has 18 heavy (non-hydrogen) atoms. The van der Waals surface area contributed by atoms with Crippen molar-refractivity contribution in [3.8, 4) is 0 Å². The number of anilines is 1. The predicted molar refractivity (Wildman–Crippen MR) is 74.2 cm³/mol. The zero-order valence-corrected chi connectivity index (χ0v) is 11.9. The molecule has 0 spiro atoms. The number of halogens is 1. The van der Waals surface area contributed by atoms with Crippen LogP contribution in [0.1, 0.15) is 18.4 Å². The Balaban J connectivity index is 2.18. The molecular formula is C13H17BrN2O2. The number of methoxy groups -OCH3 is 1. The summed E-state index contributed by atoms with van der Waals surface area (Å²) in [5.74, 6) is 0.0143. The molecule has 0 bridgehead atoms. The number of amides is 1. The first-order valence-electron chi connectivity index (χ1n) is 5.91. The second-order valence-corrected chi connectivity index (χ2v) is 5.49. The third-order valence-electron chi connectivity index (χ3n) is 3.38. The molecule has 5 heteroatoms. The zero-order valence-electron chi connectivity index (χ0n) is 10.3. The quantitative estimate of drug-likeness (QED) is 0.876. The van der Waals surface area contributed by atoms with E-state index in [0.717, 1.165) is 28.6 Å². The lowest BCUT2D eigenvalue weighted by molar-refractivity contribution is -0.120. The smallest absolute Gasteiger partial charge is 0.231 e. The van der Waals surface area contributed by atoms with Crippen LogP contribution in [0, 0.1) is 5.41 Å². The van der Waals surface area contributed by atoms with E-state index >= 15 is 0 Å². The summed E-state index contributed by atoms with van der Waals surface area (Å²) in [4.78, 5) is 12.1. The summed E-state index contributed by atoms with van der Waals surface area (Å²) in [6, 6.07) is 5.70. The van der Waals surface area contributed by atoms with Crippen molar-refractivity contribution in [1.82, 2.24) is 0 Å². The molecule has 0 saturated heterocycles. The van der Waals surface area contributed by atoms with E-state index in [1.54, 1.807) is 7.11 Å². The van der Waals surface area contributed by atoms with Gasteiger partial charge in [0.2, 0.25) is 5.91 Å². The number of ether oxygens (including phenoxy) is 1. The highest BCUT2D eigenvalue weighted by Crippen LogP contribution is 2.45. The molecule has 1 fully saturated rings. The highest BCUT2D eigenvalue weighted by Gasteiger charge is 2.48. The van der Waals surface area contributed by atoms with Gasteiger partial charge in [-0.25, -0.2) is 0 Å². The summed E-state index contributed by atoms with van der Waals surface area (Å²) < 4.78 is 6.08. The Morgan fingerprint density at radius 1 is 1.56 bits per heavy atom. The van der Waals surface area contributed by atoms with Gasteiger partial charge in [-0.1, -0.05) is 22.0 Å². The number of nitrogens with two attached hydrogens (primary N) is 1. The van der Waals surface area contributed by atoms with Crippen molar-refractivity contribution in [2.45, 2.75) is 19.4 Å². The molecule has 3 N–H and O–H groups in total. The van der Waals surface area contributed by atoms with Gasteiger partial charge in [0.05, 0.1) is 12.0 Å². The van der Waals surface area contributed by atoms with Gasteiger partial charge < -0.3 is 15.8 Å². The van der Waals surface area contributed by atoms with Crippen molar-refractivity contribution < 1.29 is 9.53 Å². The number of carbonyl (C=O) groups is 1. The minimum absolute atomic E-state index is 0.0143. The maximum atomic E-state index is 12.1. The third-order valence-corrected chi connectivity index (χ3v) is 4.12. The summed E-state index contributed by atoms with van der Waals surface area (Å²) in [6.45, 7) is 0.860. The number of hydrogen-bond acceptors (Lipinski definition) is 3. The van der Waals surface area contributed by atoms with Gasteiger partial charge in [-0.3, -0.25) is 4.79 Å². The minimum Gasteiger partial charge on any atom is -0.380 e. The first-order chi connectivity index (χ1) is 8.63. The molecule has 0 atom stereocenters. The number of hydrogen-bond donors (Lipinski definition) is 2. The van der Waals surface area contributed by atoms with Crippen LogP contribution >= 0.6 is 15.9 Å². The minimum atomic E-state index is -0.341. The van der Waals surface area contributed by atoms with Crippen molar-refractivity contribution in [3.63, 3.8) is 0 Å². The number of carbonyl (C=O) groups excluding carboxylic acids is 1. The van der Waals surface area contributed by atoms with Crippen LogP contribution in [-0.4, -0.2) is 19.6 Å². The van der Waals surface area contributed by atoms with Gasteiger partial charge in [-0.15, -0.1) is 0 Å². The molecule has 98 valence electrons. The topological polar surface area (TPSA) is 64.3 Å². The lowest BCUT2D eigenvalue weighted by Gasteiger charge is -2.16. The molecule has 0 aliphatic heterocycles. The largest absolute Gasteiger partial charge is 0.380 e. The van der Waals surface area contributed by atoms with E-state index in [1.165, 1.54) is 0 Å². The molecule has 1 aromatic carbocycles. The van der Waals surface area contributed by atoms with E-state index in [2.05, 4.69) is 21.2 Å². The van der Waals surface area contributed by atoms with Crippen molar-refractivity contribution in [2.24, 2.45) is 11.1 Å². The second kappa shape index (κ2) is 5.38. The van der Waals surface area contributed by atoms with Gasteiger partial charge in [0.1, 0.15) is 0 Å². The van der Waals surface area contributed by atoms with Crippen LogP contribution in [0.3, 0.4) is 0 Å². The first kappa shape index (κ1) is 13.5. The number of nitrogens with one attached hydrogen (secondary N) is 1. The fourth-order valence-electron chi connectivity index (χ4n) is 1.90. The molecule has 4 nitrogen and oxygen atoms in total. The molecule has 1 aromatic rings. The average Bonchev–Trinajstić information content (AvgIpc) is 3.14. The lowest BCUT2D eigenvalue weighted by Crippen LogP contribution is -2.31. The molecule has 0 radical (unpaired) electrons. The maximum Gasteiger partial charge on any atom is 0.231 e. The fourth-order valence-corrected chi connectivity index (χ4v) is 2.38. The average molecular weight is 313 g/mol. The van der Waals surface area contributed by atoms with E-state index in [0.29, 0.717) is 13.2 Å². The SMILES string of the molecule is COCc1c(Br)cccc1NC(=O)C1(CN)CC1. The van der Waals surface area contributed by atoms with Crippen molar-refractivity contribution in [3.05, 3.63) is 28.2 Å². The predicted octanol–water partition coefficient (Wildman–Crippen LogP) is 2.27. The Kier molecular flexibility index (Phi) is 4.04. The molecule has 0 heterocycles. The Bertz CT molecular complexity index is 458. The number of benzene rings is 1. The molecule has 0 aromatic heterocycles. The zero-order chi connectivity index (χ0) is 13.2. The van der Waals surface area contributed by atoms with Crippen LogP contribution in [0.15, 0.2) is 22.7 Å². The second-order valence-electron chi connectivity index (χ2n) is 4.64. The van der Waals surface area contributed by atoms with Gasteiger partial charge in [-0.05, 0) is 25.0 Å². The Morgan fingerprint density at radius 3 is 2.83 bits per heavy atom. The highest BCUT2D eigenvalue weighted by molar-refractivity contribution is 9.10. The van der Waals surface area contributed by atoms with Crippen molar-refractivity contribution in [2.75, 3.05) is 19.0 Å². The fraction of sp³-hybridized carbons (Fsp3) is 0.462. The standard InChI is InChI=1S/C13H17BrN2O2/c1-18-7-9-10(14)3-2-4-11(9)16-12(17)13(8-15)5-6-13/h2-4H,5-8,15H2,1H3,(H,16,17). The van der Waals surface area contributed by atoms with E-state index in [1.807, 2.05) is 18.2 Å². The molecule has 0 unspecified atom stereocenters. The molecule has 1 amide bonds. The monoisotopic (exact) mass is 312 g/mol. The summed E-state index contributed by atoms with van der Waals surface area (Å²) in [5, 5.41) is 2.96. The Labute approximate surface area is 115 Å². The van der Waals surface area contributed by atoms with E-state index in [-0.39, 0.29) is 11.3 Å². The van der Waals surface area contributed by atoms with Gasteiger partial charge >= 0.3 is 0 Å². The van der Waals surface area contributed by atoms with Crippen LogP contribution in [-0.2, 0) is 16.1 Å². The third kappa shape index (κ3) is 2.58. The normalized spacial score (nSPS) is 16.4. The van der Waals surface area contributed by atoms with Crippen LogP contribution in [0.25, 0.3) is 0 Å². The Morgan fingerprint density at radius 2 is 2.28 bits per heavy atom. The number of rotatable bonds is 5. The first-order valence-corrected chi connectivity index (χ1v) is 6.70. The molecule has 1 saturated carbocycles. The maximum absolute atomic E-state index is 12.1. The van der Waals surface area contributed by atoms with Gasteiger partial charge in [0.25, 0.3) is 0 Å². The van der Waals surface area contributed by atoms with E-state index in [9.17, 15) is 4.79 Å². The van der Waals surface area contributed by atoms with Gasteiger partial charge in [0.15, 0.2) is 0 Å². The van der Waals surface area contributed by atoms with Gasteiger partial charge in [0, 0.05) is 29.4 Å². The highest BCUT2D eigenvalue weighted by atomic mass is 79.9. The molecule has 2 rings (SSSR count). The molecular weight excluding hydrogens is 296 g/mol.